The van der Waals surface area contributed by atoms with E-state index in [4.69, 9.17) is 0 Å². The monoisotopic (exact) mass is 354 g/mol. The van der Waals surface area contributed by atoms with E-state index in [1.54, 1.807) is 0 Å². The second kappa shape index (κ2) is 14.5. The first-order valence-electron chi connectivity index (χ1n) is 10.1. The minimum Gasteiger partial charge on any atom is -0.305 e. The Labute approximate surface area is 161 Å². The zero-order valence-electron chi connectivity index (χ0n) is 17.3. The summed E-state index contributed by atoms with van der Waals surface area (Å²) in [4.78, 5) is 4.69. The Bertz CT molecular complexity index is 537. The molecular formula is C24H38N2. The highest BCUT2D eigenvalue weighted by atomic mass is 15.1. The minimum atomic E-state index is 1.03. The summed E-state index contributed by atoms with van der Waals surface area (Å²) in [5.41, 5.74) is 2.80. The van der Waals surface area contributed by atoms with E-state index in [1.807, 2.05) is 6.07 Å². The summed E-state index contributed by atoms with van der Waals surface area (Å²) in [6, 6.07) is 21.2. The van der Waals surface area contributed by atoms with Gasteiger partial charge in [0.15, 0.2) is 0 Å². The first-order chi connectivity index (χ1) is 12.7. The lowest BCUT2D eigenvalue weighted by Crippen LogP contribution is -2.23. The molecule has 0 heterocycles. The minimum absolute atomic E-state index is 1.03. The van der Waals surface area contributed by atoms with Gasteiger partial charge in [0.1, 0.15) is 0 Å². The Morgan fingerprint density at radius 3 is 1.65 bits per heavy atom. The molecular weight excluding hydrogens is 316 g/mol. The molecule has 2 rings (SSSR count). The van der Waals surface area contributed by atoms with E-state index < -0.39 is 0 Å². The normalized spacial score (nSPS) is 10.7. The molecule has 0 atom stereocenters. The zero-order chi connectivity index (χ0) is 19.0. The van der Waals surface area contributed by atoms with Crippen molar-refractivity contribution in [1.29, 1.82) is 0 Å². The van der Waals surface area contributed by atoms with Crippen LogP contribution in [0.15, 0.2) is 60.7 Å². The van der Waals surface area contributed by atoms with Crippen LogP contribution in [0.25, 0.3) is 0 Å². The van der Waals surface area contributed by atoms with Crippen LogP contribution in [-0.4, -0.2) is 37.0 Å². The van der Waals surface area contributed by atoms with Crippen molar-refractivity contribution in [3.05, 3.63) is 71.8 Å². The lowest BCUT2D eigenvalue weighted by atomic mass is 10.1. The number of hydrogen-bond acceptors (Lipinski definition) is 2. The Balaban J connectivity index is 0.000000289. The summed E-state index contributed by atoms with van der Waals surface area (Å²) in [6.45, 7) is 9.04. The van der Waals surface area contributed by atoms with Gasteiger partial charge in [-0.1, -0.05) is 93.8 Å². The molecule has 26 heavy (non-hydrogen) atoms. The van der Waals surface area contributed by atoms with E-state index in [-0.39, 0.29) is 0 Å². The number of unbranched alkanes of at least 4 members (excludes halogenated alkanes) is 3. The van der Waals surface area contributed by atoms with E-state index in [1.165, 1.54) is 43.4 Å². The average molecular weight is 355 g/mol. The number of rotatable bonds is 10. The van der Waals surface area contributed by atoms with Gasteiger partial charge in [0.2, 0.25) is 0 Å². The Hall–Kier alpha value is -1.64. The molecule has 0 aliphatic rings. The molecule has 0 aromatic heterocycles. The van der Waals surface area contributed by atoms with Crippen LogP contribution in [0, 0.1) is 0 Å². The van der Waals surface area contributed by atoms with Gasteiger partial charge >= 0.3 is 0 Å². The van der Waals surface area contributed by atoms with Crippen LogP contribution in [0.2, 0.25) is 0 Å². The van der Waals surface area contributed by atoms with Crippen LogP contribution < -0.4 is 0 Å². The fourth-order valence-corrected chi connectivity index (χ4v) is 2.90. The van der Waals surface area contributed by atoms with Gasteiger partial charge in [-0.15, -0.1) is 0 Å². The highest BCUT2D eigenvalue weighted by Gasteiger charge is 2.02. The van der Waals surface area contributed by atoms with E-state index in [2.05, 4.69) is 92.3 Å². The molecule has 0 radical (unpaired) electrons. The molecule has 0 amide bonds. The maximum Gasteiger partial charge on any atom is 0.0233 e. The molecule has 0 fully saturated rings. The number of benzene rings is 2. The van der Waals surface area contributed by atoms with Crippen molar-refractivity contribution >= 4 is 0 Å². The van der Waals surface area contributed by atoms with Crippen LogP contribution >= 0.6 is 0 Å². The van der Waals surface area contributed by atoms with E-state index in [9.17, 15) is 0 Å². The predicted molar refractivity (Wildman–Crippen MR) is 115 cm³/mol. The molecule has 0 saturated carbocycles. The van der Waals surface area contributed by atoms with Gasteiger partial charge in [0, 0.05) is 13.1 Å². The largest absolute Gasteiger partial charge is 0.305 e. The molecule has 0 N–H and O–H groups in total. The standard InChI is InChI=1S/C15H25N.C9H13N/c1-3-5-6-10-13-16(4-2)14-15-11-8-7-9-12-15;1-10(2)8-9-6-4-3-5-7-9/h7-9,11-12H,3-6,10,13-14H2,1-2H3;3-7H,8H2,1-2H3. The topological polar surface area (TPSA) is 6.48 Å². The molecule has 0 aliphatic carbocycles. The highest BCUT2D eigenvalue weighted by molar-refractivity contribution is 5.14. The van der Waals surface area contributed by atoms with Crippen molar-refractivity contribution < 1.29 is 0 Å². The SMILES string of the molecule is CCCCCCN(CC)Cc1ccccc1.CN(C)Cc1ccccc1. The van der Waals surface area contributed by atoms with E-state index >= 15 is 0 Å². The number of hydrogen-bond donors (Lipinski definition) is 0. The average Bonchev–Trinajstić information content (AvgIpc) is 2.66. The maximum atomic E-state index is 2.53. The second-order valence-electron chi connectivity index (χ2n) is 7.14. The summed E-state index contributed by atoms with van der Waals surface area (Å²) < 4.78 is 0. The van der Waals surface area contributed by atoms with E-state index in [0.29, 0.717) is 0 Å². The fraction of sp³-hybridized carbons (Fsp3) is 0.500. The van der Waals surface area contributed by atoms with Gasteiger partial charge < -0.3 is 4.90 Å². The second-order valence-corrected chi connectivity index (χ2v) is 7.14. The predicted octanol–water partition coefficient (Wildman–Crippen LogP) is 5.84. The Morgan fingerprint density at radius 1 is 0.654 bits per heavy atom. The summed E-state index contributed by atoms with van der Waals surface area (Å²) in [5, 5.41) is 0. The van der Waals surface area contributed by atoms with Gasteiger partial charge in [0.25, 0.3) is 0 Å². The quantitative estimate of drug-likeness (QED) is 0.495. The lowest BCUT2D eigenvalue weighted by molar-refractivity contribution is 0.273. The van der Waals surface area contributed by atoms with Crippen LogP contribution in [0.5, 0.6) is 0 Å². The Kier molecular flexibility index (Phi) is 12.5. The molecule has 2 aromatic carbocycles. The fourth-order valence-electron chi connectivity index (χ4n) is 2.90. The Morgan fingerprint density at radius 2 is 1.19 bits per heavy atom. The van der Waals surface area contributed by atoms with Crippen LogP contribution in [0.1, 0.15) is 50.7 Å². The first-order valence-corrected chi connectivity index (χ1v) is 10.1. The highest BCUT2D eigenvalue weighted by Crippen LogP contribution is 2.07. The summed E-state index contributed by atoms with van der Waals surface area (Å²) in [7, 11) is 4.15. The third kappa shape index (κ3) is 11.1. The van der Waals surface area contributed by atoms with Crippen molar-refractivity contribution in [3.63, 3.8) is 0 Å². The third-order valence-corrected chi connectivity index (χ3v) is 4.37. The van der Waals surface area contributed by atoms with Gasteiger partial charge in [0.05, 0.1) is 0 Å². The van der Waals surface area contributed by atoms with Gasteiger partial charge in [-0.3, -0.25) is 4.90 Å². The molecule has 0 unspecified atom stereocenters. The first kappa shape index (κ1) is 22.4. The molecule has 144 valence electrons. The summed E-state index contributed by atoms with van der Waals surface area (Å²) in [5.74, 6) is 0. The lowest BCUT2D eigenvalue weighted by Gasteiger charge is -2.20. The molecule has 0 bridgehead atoms. The van der Waals surface area contributed by atoms with Gasteiger partial charge in [-0.2, -0.15) is 0 Å². The molecule has 0 spiro atoms. The molecule has 2 nitrogen and oxygen atoms in total. The van der Waals surface area contributed by atoms with Crippen molar-refractivity contribution in [2.45, 2.75) is 52.6 Å². The summed E-state index contributed by atoms with van der Waals surface area (Å²) in [6.07, 6.45) is 5.42. The van der Waals surface area contributed by atoms with Crippen LogP contribution in [-0.2, 0) is 13.1 Å². The van der Waals surface area contributed by atoms with Crippen LogP contribution in [0.4, 0.5) is 0 Å². The molecule has 0 saturated heterocycles. The number of nitrogens with zero attached hydrogens (tertiary/aromatic N) is 2. The zero-order valence-corrected chi connectivity index (χ0v) is 17.3. The van der Waals surface area contributed by atoms with Crippen molar-refractivity contribution in [2.75, 3.05) is 27.2 Å². The molecule has 2 heteroatoms. The third-order valence-electron chi connectivity index (χ3n) is 4.37. The van der Waals surface area contributed by atoms with Gasteiger partial charge in [-0.25, -0.2) is 0 Å². The molecule has 0 aliphatic heterocycles. The van der Waals surface area contributed by atoms with E-state index in [0.717, 1.165) is 19.6 Å². The van der Waals surface area contributed by atoms with Crippen molar-refractivity contribution in [2.24, 2.45) is 0 Å². The smallest absolute Gasteiger partial charge is 0.0233 e. The van der Waals surface area contributed by atoms with Gasteiger partial charge in [-0.05, 0) is 44.7 Å². The van der Waals surface area contributed by atoms with Crippen LogP contribution in [0.3, 0.4) is 0 Å². The van der Waals surface area contributed by atoms with Crippen molar-refractivity contribution in [1.82, 2.24) is 9.80 Å². The summed E-state index contributed by atoms with van der Waals surface area (Å²) >= 11 is 0. The molecule has 2 aromatic rings. The maximum absolute atomic E-state index is 2.53. The van der Waals surface area contributed by atoms with Crippen molar-refractivity contribution in [3.8, 4) is 0 Å².